The van der Waals surface area contributed by atoms with Crippen LogP contribution in [0.3, 0.4) is 0 Å². The summed E-state index contributed by atoms with van der Waals surface area (Å²) in [5, 5.41) is 0.703. The minimum absolute atomic E-state index is 0.448. The normalized spacial score (nSPS) is 15.6. The van der Waals surface area contributed by atoms with Gasteiger partial charge in [0, 0.05) is 22.9 Å². The number of nitrogens with one attached hydrogen (secondary N) is 1. The minimum atomic E-state index is -0.502. The van der Waals surface area contributed by atoms with E-state index in [1.807, 2.05) is 0 Å². The highest BCUT2D eigenvalue weighted by Gasteiger charge is 2.18. The van der Waals surface area contributed by atoms with Crippen LogP contribution in [0.1, 0.15) is 11.3 Å². The second-order valence-electron chi connectivity index (χ2n) is 3.69. The van der Waals surface area contributed by atoms with Gasteiger partial charge in [-0.1, -0.05) is 0 Å². The monoisotopic (exact) mass is 225 g/mol. The molecule has 0 fully saturated rings. The number of halogens is 2. The first kappa shape index (κ1) is 9.21. The molecule has 0 saturated carbocycles. The van der Waals surface area contributed by atoms with Gasteiger partial charge in [-0.15, -0.1) is 0 Å². The maximum atomic E-state index is 13.5. The van der Waals surface area contributed by atoms with E-state index in [1.165, 1.54) is 6.07 Å². The molecule has 0 unspecified atom stereocenters. The van der Waals surface area contributed by atoms with Crippen molar-refractivity contribution in [3.8, 4) is 0 Å². The molecule has 1 N–H and O–H groups in total. The Balaban J connectivity index is 2.37. The predicted molar refractivity (Wildman–Crippen MR) is 58.1 cm³/mol. The van der Waals surface area contributed by atoms with Crippen molar-refractivity contribution in [2.75, 3.05) is 5.75 Å². The summed E-state index contributed by atoms with van der Waals surface area (Å²) < 4.78 is 26.5. The molecular formula is C11H9F2NS. The summed E-state index contributed by atoms with van der Waals surface area (Å²) in [6.45, 7) is 0. The van der Waals surface area contributed by atoms with E-state index in [9.17, 15) is 8.78 Å². The van der Waals surface area contributed by atoms with Crippen LogP contribution in [-0.4, -0.2) is 10.7 Å². The summed E-state index contributed by atoms with van der Waals surface area (Å²) in [6, 6.07) is 2.34. The third kappa shape index (κ3) is 1.35. The van der Waals surface area contributed by atoms with Crippen LogP contribution in [0.15, 0.2) is 12.1 Å². The average molecular weight is 225 g/mol. The van der Waals surface area contributed by atoms with Crippen molar-refractivity contribution in [2.45, 2.75) is 12.2 Å². The van der Waals surface area contributed by atoms with E-state index in [0.717, 1.165) is 35.3 Å². The Morgan fingerprint density at radius 3 is 3.00 bits per heavy atom. The Morgan fingerprint density at radius 1 is 1.27 bits per heavy atom. The third-order valence-electron chi connectivity index (χ3n) is 2.76. The molecule has 15 heavy (non-hydrogen) atoms. The van der Waals surface area contributed by atoms with Crippen LogP contribution in [0, 0.1) is 11.6 Å². The molecule has 78 valence electrons. The molecule has 0 radical (unpaired) electrons. The molecule has 1 aliphatic heterocycles. The maximum Gasteiger partial charge on any atom is 0.150 e. The van der Waals surface area contributed by atoms with Crippen LogP contribution in [0.4, 0.5) is 8.78 Å². The number of hydrogen-bond donors (Lipinski definition) is 1. The predicted octanol–water partition coefficient (Wildman–Crippen LogP) is 3.24. The van der Waals surface area contributed by atoms with Crippen molar-refractivity contribution in [1.29, 1.82) is 0 Å². The standard InChI is InChI=1S/C11H9F2NS/c12-6-3-7-8-5-15-2-1-10(8)14-11(7)9(13)4-6/h3-4,14H,1-2,5H2. The number of aromatic nitrogens is 1. The fourth-order valence-electron chi connectivity index (χ4n) is 2.05. The van der Waals surface area contributed by atoms with Gasteiger partial charge >= 0.3 is 0 Å². The van der Waals surface area contributed by atoms with Gasteiger partial charge < -0.3 is 4.98 Å². The van der Waals surface area contributed by atoms with E-state index in [-0.39, 0.29) is 0 Å². The molecule has 1 aliphatic rings. The van der Waals surface area contributed by atoms with Crippen LogP contribution < -0.4 is 0 Å². The van der Waals surface area contributed by atoms with Crippen LogP contribution in [-0.2, 0) is 12.2 Å². The molecular weight excluding hydrogens is 216 g/mol. The summed E-state index contributed by atoms with van der Waals surface area (Å²) in [4.78, 5) is 3.06. The number of aryl methyl sites for hydroxylation is 1. The molecule has 2 heterocycles. The second kappa shape index (κ2) is 3.23. The van der Waals surface area contributed by atoms with E-state index in [2.05, 4.69) is 4.98 Å². The smallest absolute Gasteiger partial charge is 0.150 e. The minimum Gasteiger partial charge on any atom is -0.356 e. The molecule has 0 spiro atoms. The molecule has 0 saturated heterocycles. The number of hydrogen-bond acceptors (Lipinski definition) is 1. The second-order valence-corrected chi connectivity index (χ2v) is 4.80. The lowest BCUT2D eigenvalue weighted by Crippen LogP contribution is -1.99. The molecule has 0 amide bonds. The van der Waals surface area contributed by atoms with Crippen LogP contribution >= 0.6 is 11.8 Å². The first-order chi connectivity index (χ1) is 7.25. The van der Waals surface area contributed by atoms with E-state index >= 15 is 0 Å². The molecule has 1 nitrogen and oxygen atoms in total. The summed E-state index contributed by atoms with van der Waals surface area (Å²) in [7, 11) is 0. The molecule has 1 aromatic heterocycles. The van der Waals surface area contributed by atoms with Gasteiger partial charge in [0.1, 0.15) is 11.6 Å². The first-order valence-electron chi connectivity index (χ1n) is 4.82. The van der Waals surface area contributed by atoms with Gasteiger partial charge in [0.2, 0.25) is 0 Å². The van der Waals surface area contributed by atoms with Crippen LogP contribution in [0.2, 0.25) is 0 Å². The fourth-order valence-corrected chi connectivity index (χ4v) is 3.08. The summed E-state index contributed by atoms with van der Waals surface area (Å²) in [6.07, 6.45) is 0.912. The molecule has 0 bridgehead atoms. The van der Waals surface area contributed by atoms with Gasteiger partial charge in [-0.2, -0.15) is 11.8 Å². The molecule has 0 aliphatic carbocycles. The summed E-state index contributed by atoms with van der Waals surface area (Å²) >= 11 is 1.80. The van der Waals surface area contributed by atoms with Gasteiger partial charge in [0.05, 0.1) is 5.52 Å². The lowest BCUT2D eigenvalue weighted by Gasteiger charge is -2.09. The van der Waals surface area contributed by atoms with E-state index in [1.54, 1.807) is 11.8 Å². The van der Waals surface area contributed by atoms with Gasteiger partial charge in [0.25, 0.3) is 0 Å². The quantitative estimate of drug-likeness (QED) is 0.727. The Hall–Kier alpha value is -1.03. The lowest BCUT2D eigenvalue weighted by atomic mass is 10.1. The van der Waals surface area contributed by atoms with Crippen LogP contribution in [0.5, 0.6) is 0 Å². The number of benzene rings is 1. The summed E-state index contributed by atoms with van der Waals surface area (Å²) in [5.41, 5.74) is 2.58. The molecule has 2 aromatic rings. The zero-order valence-electron chi connectivity index (χ0n) is 7.94. The SMILES string of the molecule is Fc1cc(F)c2[nH]c3c(c2c1)CSCC3. The van der Waals surface area contributed by atoms with Gasteiger partial charge in [0.15, 0.2) is 0 Å². The molecule has 3 rings (SSSR count). The molecule has 1 aromatic carbocycles. The largest absolute Gasteiger partial charge is 0.356 e. The average Bonchev–Trinajstić information content (AvgIpc) is 2.57. The number of rotatable bonds is 0. The van der Waals surface area contributed by atoms with Gasteiger partial charge in [-0.25, -0.2) is 8.78 Å². The number of aromatic amines is 1. The number of fused-ring (bicyclic) bond motifs is 3. The van der Waals surface area contributed by atoms with Crippen molar-refractivity contribution < 1.29 is 8.78 Å². The Kier molecular flexibility index (Phi) is 1.99. The number of thioether (sulfide) groups is 1. The Bertz CT molecular complexity index is 533. The zero-order chi connectivity index (χ0) is 10.4. The number of H-pyrrole nitrogens is 1. The fraction of sp³-hybridized carbons (Fsp3) is 0.273. The van der Waals surface area contributed by atoms with Crippen LogP contribution in [0.25, 0.3) is 10.9 Å². The van der Waals surface area contributed by atoms with E-state index < -0.39 is 11.6 Å². The Labute approximate surface area is 89.9 Å². The van der Waals surface area contributed by atoms with Crippen molar-refractivity contribution in [3.63, 3.8) is 0 Å². The van der Waals surface area contributed by atoms with Crippen molar-refractivity contribution >= 4 is 22.7 Å². The van der Waals surface area contributed by atoms with Crippen molar-refractivity contribution in [3.05, 3.63) is 35.0 Å². The lowest BCUT2D eigenvalue weighted by molar-refractivity contribution is 0.591. The highest BCUT2D eigenvalue weighted by molar-refractivity contribution is 7.98. The zero-order valence-corrected chi connectivity index (χ0v) is 8.76. The topological polar surface area (TPSA) is 15.8 Å². The highest BCUT2D eigenvalue weighted by atomic mass is 32.2. The Morgan fingerprint density at radius 2 is 2.13 bits per heavy atom. The summed E-state index contributed by atoms with van der Waals surface area (Å²) in [5.74, 6) is 0.893. The molecule has 0 atom stereocenters. The van der Waals surface area contributed by atoms with Gasteiger partial charge in [-0.05, 0) is 23.8 Å². The highest BCUT2D eigenvalue weighted by Crippen LogP contribution is 2.32. The first-order valence-corrected chi connectivity index (χ1v) is 5.97. The molecule has 4 heteroatoms. The maximum absolute atomic E-state index is 13.5. The van der Waals surface area contributed by atoms with E-state index in [4.69, 9.17) is 0 Å². The van der Waals surface area contributed by atoms with E-state index in [0.29, 0.717) is 10.9 Å². The van der Waals surface area contributed by atoms with Crippen molar-refractivity contribution in [1.82, 2.24) is 4.98 Å². The van der Waals surface area contributed by atoms with Crippen molar-refractivity contribution in [2.24, 2.45) is 0 Å². The third-order valence-corrected chi connectivity index (χ3v) is 3.75. The van der Waals surface area contributed by atoms with Gasteiger partial charge in [-0.3, -0.25) is 0 Å².